The summed E-state index contributed by atoms with van der Waals surface area (Å²) in [6.07, 6.45) is 4.81. The Morgan fingerprint density at radius 2 is 1.93 bits per heavy atom. The number of benzene rings is 1. The molecule has 27 heavy (non-hydrogen) atoms. The predicted octanol–water partition coefficient (Wildman–Crippen LogP) is 3.84. The van der Waals surface area contributed by atoms with Crippen LogP contribution in [0.2, 0.25) is 0 Å². The summed E-state index contributed by atoms with van der Waals surface area (Å²) in [7, 11) is 2.01. The second kappa shape index (κ2) is 8.41. The highest BCUT2D eigenvalue weighted by Gasteiger charge is 2.23. The smallest absolute Gasteiger partial charge is 0.239 e. The molecule has 3 rings (SSSR count). The minimum atomic E-state index is -0.0623. The van der Waals surface area contributed by atoms with Crippen LogP contribution >= 0.6 is 0 Å². The number of nitrogens with one attached hydrogen (secondary N) is 1. The van der Waals surface area contributed by atoms with Crippen LogP contribution in [0.3, 0.4) is 0 Å². The van der Waals surface area contributed by atoms with E-state index in [9.17, 15) is 10.1 Å². The molecule has 1 aromatic heterocycles. The number of anilines is 1. The van der Waals surface area contributed by atoms with E-state index in [1.807, 2.05) is 43.7 Å². The van der Waals surface area contributed by atoms with Gasteiger partial charge >= 0.3 is 0 Å². The number of amides is 1. The van der Waals surface area contributed by atoms with Crippen molar-refractivity contribution in [2.45, 2.75) is 52.1 Å². The highest BCUT2D eigenvalue weighted by Crippen LogP contribution is 2.28. The van der Waals surface area contributed by atoms with Crippen LogP contribution < -0.4 is 5.32 Å². The number of likely N-dealkylation sites (N-methyl/N-ethyl adjacent to an activating group) is 1. The maximum atomic E-state index is 12.7. The van der Waals surface area contributed by atoms with Gasteiger partial charge in [0.2, 0.25) is 5.91 Å². The number of rotatable bonds is 6. The first kappa shape index (κ1) is 19.2. The summed E-state index contributed by atoms with van der Waals surface area (Å²) in [5, 5.41) is 12.7. The molecule has 5 nitrogen and oxygen atoms in total. The standard InChI is InChI=1S/C22H28N4O/c1-16-17(2)26(14-18-9-5-4-6-10-18)22(20(16)13-23)24-21(27)15-25(3)19-11-7-8-12-19/h4-6,9-10,19H,7-8,11-12,14-15H2,1-3H3,(H,24,27). The molecule has 142 valence electrons. The molecule has 0 radical (unpaired) electrons. The van der Waals surface area contributed by atoms with Crippen molar-refractivity contribution >= 4 is 11.7 Å². The molecule has 1 aliphatic rings. The van der Waals surface area contributed by atoms with Gasteiger partial charge in [-0.15, -0.1) is 0 Å². The van der Waals surface area contributed by atoms with Gasteiger partial charge in [-0.05, 0) is 44.9 Å². The molecule has 0 atom stereocenters. The fourth-order valence-corrected chi connectivity index (χ4v) is 3.97. The average Bonchev–Trinajstić information content (AvgIpc) is 3.27. The van der Waals surface area contributed by atoms with Crippen molar-refractivity contribution in [3.05, 3.63) is 52.7 Å². The third-order valence-corrected chi connectivity index (χ3v) is 5.72. The highest BCUT2D eigenvalue weighted by molar-refractivity contribution is 5.93. The van der Waals surface area contributed by atoms with Gasteiger partial charge in [0.1, 0.15) is 11.9 Å². The molecule has 2 aromatic rings. The predicted molar refractivity (Wildman–Crippen MR) is 108 cm³/mol. The number of nitrogens with zero attached hydrogens (tertiary/aromatic N) is 3. The molecule has 0 bridgehead atoms. The van der Waals surface area contributed by atoms with E-state index in [-0.39, 0.29) is 5.91 Å². The molecule has 1 fully saturated rings. The molecule has 1 saturated carbocycles. The van der Waals surface area contributed by atoms with Gasteiger partial charge in [0.15, 0.2) is 0 Å². The lowest BCUT2D eigenvalue weighted by atomic mass is 10.2. The third-order valence-electron chi connectivity index (χ3n) is 5.72. The Kier molecular flexibility index (Phi) is 5.98. The first-order chi connectivity index (χ1) is 13.0. The van der Waals surface area contributed by atoms with Gasteiger partial charge in [0.25, 0.3) is 0 Å². The van der Waals surface area contributed by atoms with E-state index in [1.165, 1.54) is 12.8 Å². The third kappa shape index (κ3) is 4.23. The maximum Gasteiger partial charge on any atom is 0.239 e. The number of hydrogen-bond acceptors (Lipinski definition) is 3. The van der Waals surface area contributed by atoms with Crippen molar-refractivity contribution in [2.75, 3.05) is 18.9 Å². The molecule has 5 heteroatoms. The first-order valence-corrected chi connectivity index (χ1v) is 9.65. The lowest BCUT2D eigenvalue weighted by molar-refractivity contribution is -0.117. The second-order valence-electron chi connectivity index (χ2n) is 7.52. The fraction of sp³-hybridized carbons (Fsp3) is 0.455. The van der Waals surface area contributed by atoms with Crippen molar-refractivity contribution in [3.63, 3.8) is 0 Å². The van der Waals surface area contributed by atoms with E-state index in [0.717, 1.165) is 29.7 Å². The molecule has 1 aromatic carbocycles. The number of carbonyl (C=O) groups excluding carboxylic acids is 1. The molecular weight excluding hydrogens is 336 g/mol. The summed E-state index contributed by atoms with van der Waals surface area (Å²) in [4.78, 5) is 14.8. The zero-order valence-corrected chi connectivity index (χ0v) is 16.5. The normalized spacial score (nSPS) is 14.5. The van der Waals surface area contributed by atoms with Crippen molar-refractivity contribution in [1.29, 1.82) is 5.26 Å². The van der Waals surface area contributed by atoms with E-state index < -0.39 is 0 Å². The van der Waals surface area contributed by atoms with Crippen LogP contribution in [0.4, 0.5) is 5.82 Å². The molecule has 1 heterocycles. The Morgan fingerprint density at radius 1 is 1.26 bits per heavy atom. The van der Waals surface area contributed by atoms with Gasteiger partial charge < -0.3 is 9.88 Å². The van der Waals surface area contributed by atoms with Crippen LogP contribution in [-0.4, -0.2) is 35.0 Å². The Hall–Kier alpha value is -2.58. The minimum absolute atomic E-state index is 0.0623. The van der Waals surface area contributed by atoms with E-state index >= 15 is 0 Å². The summed E-state index contributed by atoms with van der Waals surface area (Å²) in [5.41, 5.74) is 3.63. The van der Waals surface area contributed by atoms with Crippen LogP contribution in [0.25, 0.3) is 0 Å². The molecule has 0 aliphatic heterocycles. The zero-order valence-electron chi connectivity index (χ0n) is 16.5. The summed E-state index contributed by atoms with van der Waals surface area (Å²) >= 11 is 0. The topological polar surface area (TPSA) is 61.1 Å². The number of nitriles is 1. The zero-order chi connectivity index (χ0) is 19.4. The van der Waals surface area contributed by atoms with Crippen LogP contribution in [0.1, 0.15) is 48.1 Å². The Balaban J connectivity index is 1.81. The maximum absolute atomic E-state index is 12.7. The van der Waals surface area contributed by atoms with Crippen molar-refractivity contribution in [3.8, 4) is 6.07 Å². The molecule has 1 aliphatic carbocycles. The largest absolute Gasteiger partial charge is 0.326 e. The molecule has 0 spiro atoms. The quantitative estimate of drug-likeness (QED) is 0.847. The summed E-state index contributed by atoms with van der Waals surface area (Å²) in [6, 6.07) is 12.9. The minimum Gasteiger partial charge on any atom is -0.326 e. The lowest BCUT2D eigenvalue weighted by Crippen LogP contribution is -2.37. The summed E-state index contributed by atoms with van der Waals surface area (Å²) < 4.78 is 2.04. The van der Waals surface area contributed by atoms with Gasteiger partial charge in [0.05, 0.1) is 12.1 Å². The molecular formula is C22H28N4O. The van der Waals surface area contributed by atoms with Crippen LogP contribution in [-0.2, 0) is 11.3 Å². The van der Waals surface area contributed by atoms with E-state index in [2.05, 4.69) is 28.4 Å². The van der Waals surface area contributed by atoms with Crippen molar-refractivity contribution in [2.24, 2.45) is 0 Å². The van der Waals surface area contributed by atoms with Gasteiger partial charge in [-0.2, -0.15) is 5.26 Å². The molecule has 0 unspecified atom stereocenters. The SMILES string of the molecule is Cc1c(C#N)c(NC(=O)CN(C)C2CCCC2)n(Cc2ccccc2)c1C. The second-order valence-corrected chi connectivity index (χ2v) is 7.52. The number of hydrogen-bond donors (Lipinski definition) is 1. The van der Waals surface area contributed by atoms with Crippen LogP contribution in [0, 0.1) is 25.2 Å². The van der Waals surface area contributed by atoms with Crippen LogP contribution in [0.15, 0.2) is 30.3 Å². The van der Waals surface area contributed by atoms with Gasteiger partial charge in [-0.3, -0.25) is 9.69 Å². The van der Waals surface area contributed by atoms with Gasteiger partial charge in [0, 0.05) is 18.3 Å². The average molecular weight is 364 g/mol. The van der Waals surface area contributed by atoms with E-state index in [0.29, 0.717) is 30.5 Å². The Bertz CT molecular complexity index is 841. The van der Waals surface area contributed by atoms with Gasteiger partial charge in [-0.1, -0.05) is 43.2 Å². The molecule has 1 amide bonds. The summed E-state index contributed by atoms with van der Waals surface area (Å²) in [5.74, 6) is 0.550. The highest BCUT2D eigenvalue weighted by atomic mass is 16.2. The monoisotopic (exact) mass is 364 g/mol. The lowest BCUT2D eigenvalue weighted by Gasteiger charge is -2.23. The summed E-state index contributed by atoms with van der Waals surface area (Å²) in [6.45, 7) is 4.92. The first-order valence-electron chi connectivity index (χ1n) is 9.65. The molecule has 0 saturated heterocycles. The number of carbonyl (C=O) groups is 1. The Morgan fingerprint density at radius 3 is 2.56 bits per heavy atom. The Labute approximate surface area is 161 Å². The van der Waals surface area contributed by atoms with Crippen molar-refractivity contribution < 1.29 is 4.79 Å². The fourth-order valence-electron chi connectivity index (χ4n) is 3.97. The van der Waals surface area contributed by atoms with E-state index in [4.69, 9.17) is 0 Å². The van der Waals surface area contributed by atoms with E-state index in [1.54, 1.807) is 0 Å². The van der Waals surface area contributed by atoms with Crippen LogP contribution in [0.5, 0.6) is 0 Å². The van der Waals surface area contributed by atoms with Crippen molar-refractivity contribution in [1.82, 2.24) is 9.47 Å². The van der Waals surface area contributed by atoms with Gasteiger partial charge in [-0.25, -0.2) is 0 Å². The number of aromatic nitrogens is 1. The molecule has 1 N–H and O–H groups in total.